The van der Waals surface area contributed by atoms with Crippen LogP contribution in [0.5, 0.6) is 0 Å². The molecule has 0 aliphatic carbocycles. The van der Waals surface area contributed by atoms with Gasteiger partial charge in [0.2, 0.25) is 6.10 Å². The number of anilines is 1. The number of para-hydroxylation sites is 2. The number of nitrogens with one attached hydrogen (secondary N) is 1. The summed E-state index contributed by atoms with van der Waals surface area (Å²) in [6.45, 7) is 0. The number of amides is 1. The van der Waals surface area contributed by atoms with Gasteiger partial charge in [-0.05, 0) is 18.2 Å². The number of hydrogen-bond acceptors (Lipinski definition) is 5. The summed E-state index contributed by atoms with van der Waals surface area (Å²) in [5.74, 6) is -1.52. The van der Waals surface area contributed by atoms with E-state index in [0.29, 0.717) is 11.3 Å². The van der Waals surface area contributed by atoms with E-state index in [0.717, 1.165) is 0 Å². The SMILES string of the molecule is O=C(OC(C(=O)Nc1ccccc1)c1ccccc1)c1ccccc1[N+](=O)[O-]. The fourth-order valence-corrected chi connectivity index (χ4v) is 2.61. The van der Waals surface area contributed by atoms with E-state index in [1.54, 1.807) is 60.7 Å². The lowest BCUT2D eigenvalue weighted by Gasteiger charge is -2.18. The van der Waals surface area contributed by atoms with Crippen LogP contribution in [0, 0.1) is 10.1 Å². The van der Waals surface area contributed by atoms with Crippen molar-refractivity contribution in [2.45, 2.75) is 6.10 Å². The summed E-state index contributed by atoms with van der Waals surface area (Å²) in [5, 5.41) is 13.9. The Balaban J connectivity index is 1.89. The molecule has 3 aromatic rings. The maximum atomic E-state index is 12.8. The molecule has 1 unspecified atom stereocenters. The molecule has 0 aliphatic rings. The maximum absolute atomic E-state index is 12.8. The minimum atomic E-state index is -1.27. The van der Waals surface area contributed by atoms with Crippen LogP contribution in [0.2, 0.25) is 0 Å². The molecule has 0 saturated heterocycles. The van der Waals surface area contributed by atoms with Crippen molar-refractivity contribution in [3.8, 4) is 0 Å². The zero-order valence-electron chi connectivity index (χ0n) is 14.6. The Bertz CT molecular complexity index is 990. The highest BCUT2D eigenvalue weighted by Gasteiger charge is 2.29. The fraction of sp³-hybridized carbons (Fsp3) is 0.0476. The topological polar surface area (TPSA) is 98.5 Å². The molecule has 1 N–H and O–H groups in total. The molecule has 28 heavy (non-hydrogen) atoms. The molecule has 0 saturated carbocycles. The third-order valence-corrected chi connectivity index (χ3v) is 3.93. The second-order valence-electron chi connectivity index (χ2n) is 5.83. The van der Waals surface area contributed by atoms with Gasteiger partial charge in [0.15, 0.2) is 0 Å². The molecule has 0 bridgehead atoms. The molecule has 1 amide bonds. The van der Waals surface area contributed by atoms with Gasteiger partial charge in [0, 0.05) is 17.3 Å². The fourth-order valence-electron chi connectivity index (χ4n) is 2.61. The van der Waals surface area contributed by atoms with Gasteiger partial charge in [-0.15, -0.1) is 0 Å². The molecule has 7 nitrogen and oxygen atoms in total. The van der Waals surface area contributed by atoms with Gasteiger partial charge >= 0.3 is 5.97 Å². The van der Waals surface area contributed by atoms with Crippen LogP contribution in [0.15, 0.2) is 84.9 Å². The van der Waals surface area contributed by atoms with Crippen molar-refractivity contribution >= 4 is 23.3 Å². The zero-order valence-corrected chi connectivity index (χ0v) is 14.6. The average Bonchev–Trinajstić information content (AvgIpc) is 2.73. The maximum Gasteiger partial charge on any atom is 0.346 e. The normalized spacial score (nSPS) is 11.3. The van der Waals surface area contributed by atoms with Crippen molar-refractivity contribution in [3.63, 3.8) is 0 Å². The lowest BCUT2D eigenvalue weighted by molar-refractivity contribution is -0.385. The number of rotatable bonds is 6. The predicted molar refractivity (Wildman–Crippen MR) is 103 cm³/mol. The van der Waals surface area contributed by atoms with Crippen LogP contribution in [0.4, 0.5) is 11.4 Å². The highest BCUT2D eigenvalue weighted by Crippen LogP contribution is 2.25. The smallest absolute Gasteiger partial charge is 0.346 e. The number of carbonyl (C=O) groups is 2. The number of benzene rings is 3. The number of hydrogen-bond donors (Lipinski definition) is 1. The molecule has 0 spiro atoms. The molecule has 0 aliphatic heterocycles. The standard InChI is InChI=1S/C21H16N2O5/c24-20(22-16-11-5-2-6-12-16)19(15-9-3-1-4-10-15)28-21(25)17-13-7-8-14-18(17)23(26)27/h1-14,19H,(H,22,24). The number of carbonyl (C=O) groups excluding carboxylic acids is 2. The Labute approximate surface area is 160 Å². The van der Waals surface area contributed by atoms with Crippen molar-refractivity contribution in [2.24, 2.45) is 0 Å². The first-order valence-electron chi connectivity index (χ1n) is 8.41. The van der Waals surface area contributed by atoms with Gasteiger partial charge in [-0.25, -0.2) is 4.79 Å². The second kappa shape index (κ2) is 8.59. The second-order valence-corrected chi connectivity index (χ2v) is 5.83. The molecule has 7 heteroatoms. The van der Waals surface area contributed by atoms with Gasteiger partial charge in [-0.2, -0.15) is 0 Å². The van der Waals surface area contributed by atoms with Gasteiger partial charge in [-0.1, -0.05) is 60.7 Å². The first-order valence-corrected chi connectivity index (χ1v) is 8.41. The van der Waals surface area contributed by atoms with Crippen LogP contribution < -0.4 is 5.32 Å². The molecule has 1 atom stereocenters. The Morgan fingerprint density at radius 3 is 2.07 bits per heavy atom. The zero-order chi connectivity index (χ0) is 19.9. The van der Waals surface area contributed by atoms with Crippen LogP contribution in [-0.2, 0) is 9.53 Å². The molecule has 3 rings (SSSR count). The van der Waals surface area contributed by atoms with E-state index in [4.69, 9.17) is 4.74 Å². The van der Waals surface area contributed by atoms with Crippen molar-refractivity contribution in [3.05, 3.63) is 106 Å². The number of nitro groups is 1. The summed E-state index contributed by atoms with van der Waals surface area (Å²) in [6.07, 6.45) is -1.27. The summed E-state index contributed by atoms with van der Waals surface area (Å²) in [7, 11) is 0. The van der Waals surface area contributed by atoms with Crippen LogP contribution in [0.3, 0.4) is 0 Å². The summed E-state index contributed by atoms with van der Waals surface area (Å²) in [4.78, 5) is 35.9. The van der Waals surface area contributed by atoms with Crippen molar-refractivity contribution in [2.75, 3.05) is 5.32 Å². The van der Waals surface area contributed by atoms with Crippen molar-refractivity contribution < 1.29 is 19.2 Å². The van der Waals surface area contributed by atoms with Gasteiger partial charge in [0.05, 0.1) is 4.92 Å². The molecular formula is C21H16N2O5. The number of nitrogens with zero attached hydrogens (tertiary/aromatic N) is 1. The largest absolute Gasteiger partial charge is 0.443 e. The molecule has 0 aromatic heterocycles. The molecular weight excluding hydrogens is 360 g/mol. The Morgan fingerprint density at radius 1 is 0.857 bits per heavy atom. The van der Waals surface area contributed by atoms with Crippen LogP contribution >= 0.6 is 0 Å². The summed E-state index contributed by atoms with van der Waals surface area (Å²) in [5.41, 5.74) is 0.377. The molecule has 0 fully saturated rings. The van der Waals surface area contributed by atoms with E-state index < -0.39 is 22.9 Å². The number of ether oxygens (including phenoxy) is 1. The predicted octanol–water partition coefficient (Wildman–Crippen LogP) is 4.13. The molecule has 0 heterocycles. The lowest BCUT2D eigenvalue weighted by Crippen LogP contribution is -2.26. The third kappa shape index (κ3) is 4.39. The molecule has 3 aromatic carbocycles. The summed E-state index contributed by atoms with van der Waals surface area (Å²) < 4.78 is 5.39. The Morgan fingerprint density at radius 2 is 1.43 bits per heavy atom. The van der Waals surface area contributed by atoms with E-state index in [1.807, 2.05) is 0 Å². The number of nitro benzene ring substituents is 1. The van der Waals surface area contributed by atoms with Crippen LogP contribution in [0.1, 0.15) is 22.0 Å². The lowest BCUT2D eigenvalue weighted by atomic mass is 10.1. The number of esters is 1. The first-order chi connectivity index (χ1) is 13.6. The minimum Gasteiger partial charge on any atom is -0.443 e. The first kappa shape index (κ1) is 18.8. The monoisotopic (exact) mass is 376 g/mol. The quantitative estimate of drug-likeness (QED) is 0.396. The van der Waals surface area contributed by atoms with E-state index in [2.05, 4.69) is 5.32 Å². The molecule has 140 valence electrons. The minimum absolute atomic E-state index is 0.221. The Hall–Kier alpha value is -4.00. The van der Waals surface area contributed by atoms with Crippen molar-refractivity contribution in [1.29, 1.82) is 0 Å². The summed E-state index contributed by atoms with van der Waals surface area (Å²) >= 11 is 0. The van der Waals surface area contributed by atoms with Gasteiger partial charge < -0.3 is 10.1 Å². The van der Waals surface area contributed by atoms with Crippen LogP contribution in [0.25, 0.3) is 0 Å². The van der Waals surface area contributed by atoms with E-state index in [1.165, 1.54) is 24.3 Å². The Kier molecular flexibility index (Phi) is 5.76. The van der Waals surface area contributed by atoms with E-state index in [-0.39, 0.29) is 11.3 Å². The summed E-state index contributed by atoms with van der Waals surface area (Å²) in [6, 6.07) is 22.6. The molecule has 0 radical (unpaired) electrons. The average molecular weight is 376 g/mol. The van der Waals surface area contributed by atoms with Crippen molar-refractivity contribution in [1.82, 2.24) is 0 Å². The third-order valence-electron chi connectivity index (χ3n) is 3.93. The van der Waals surface area contributed by atoms with Gasteiger partial charge in [0.1, 0.15) is 5.56 Å². The van der Waals surface area contributed by atoms with Gasteiger partial charge in [-0.3, -0.25) is 14.9 Å². The van der Waals surface area contributed by atoms with E-state index >= 15 is 0 Å². The van der Waals surface area contributed by atoms with E-state index in [9.17, 15) is 19.7 Å². The highest BCUT2D eigenvalue weighted by atomic mass is 16.6. The van der Waals surface area contributed by atoms with Crippen LogP contribution in [-0.4, -0.2) is 16.8 Å². The highest BCUT2D eigenvalue weighted by molar-refractivity contribution is 5.99. The van der Waals surface area contributed by atoms with Gasteiger partial charge in [0.25, 0.3) is 11.6 Å².